The van der Waals surface area contributed by atoms with E-state index in [9.17, 15) is 4.79 Å². The smallest absolute Gasteiger partial charge is 0.230 e. The predicted octanol–water partition coefficient (Wildman–Crippen LogP) is 2.30. The number of hydrogen-bond acceptors (Lipinski definition) is 4. The second-order valence-electron chi connectivity index (χ2n) is 7.62. The highest BCUT2D eigenvalue weighted by Crippen LogP contribution is 2.55. The Bertz CT molecular complexity index is 562. The van der Waals surface area contributed by atoms with Crippen LogP contribution in [0.1, 0.15) is 44.3 Å². The van der Waals surface area contributed by atoms with Crippen LogP contribution in [0, 0.1) is 24.7 Å². The fourth-order valence-electron chi connectivity index (χ4n) is 5.24. The van der Waals surface area contributed by atoms with E-state index in [0.29, 0.717) is 5.75 Å². The largest absolute Gasteiger partial charge is 0.350 e. The zero-order valence-electron chi connectivity index (χ0n) is 13.3. The SMILES string of the molecule is Cc1nnc(SCC(=O)NC23CC4CC(CC(C4)C2)C3)n1C. The van der Waals surface area contributed by atoms with Gasteiger partial charge in [0.15, 0.2) is 5.16 Å². The third-order valence-electron chi connectivity index (χ3n) is 5.83. The topological polar surface area (TPSA) is 59.8 Å². The first kappa shape index (κ1) is 14.5. The molecule has 4 aliphatic carbocycles. The number of carbonyl (C=O) groups excluding carboxylic acids is 1. The summed E-state index contributed by atoms with van der Waals surface area (Å²) in [7, 11) is 1.94. The monoisotopic (exact) mass is 320 g/mol. The van der Waals surface area contributed by atoms with Crippen molar-refractivity contribution in [1.82, 2.24) is 20.1 Å². The summed E-state index contributed by atoms with van der Waals surface area (Å²) in [5, 5.41) is 12.4. The molecule has 0 atom stereocenters. The molecule has 1 heterocycles. The molecule has 120 valence electrons. The highest BCUT2D eigenvalue weighted by molar-refractivity contribution is 7.99. The van der Waals surface area contributed by atoms with Crippen molar-refractivity contribution < 1.29 is 4.79 Å². The minimum atomic E-state index is 0.113. The summed E-state index contributed by atoms with van der Waals surface area (Å²) in [5.74, 6) is 4.06. The van der Waals surface area contributed by atoms with Gasteiger partial charge < -0.3 is 9.88 Å². The molecular weight excluding hydrogens is 296 g/mol. The lowest BCUT2D eigenvalue weighted by molar-refractivity contribution is -0.124. The van der Waals surface area contributed by atoms with Crippen LogP contribution in [0.25, 0.3) is 0 Å². The zero-order valence-corrected chi connectivity index (χ0v) is 14.2. The maximum absolute atomic E-state index is 12.4. The first-order valence-electron chi connectivity index (χ1n) is 8.33. The van der Waals surface area contributed by atoms with E-state index in [0.717, 1.165) is 28.7 Å². The Kier molecular flexibility index (Phi) is 3.47. The van der Waals surface area contributed by atoms with E-state index in [1.165, 1.54) is 50.3 Å². The molecule has 4 saturated carbocycles. The van der Waals surface area contributed by atoms with E-state index in [1.54, 1.807) is 0 Å². The van der Waals surface area contributed by atoms with Gasteiger partial charge in [-0.25, -0.2) is 0 Å². The summed E-state index contributed by atoms with van der Waals surface area (Å²) in [6.07, 6.45) is 7.84. The Morgan fingerprint density at radius 2 is 1.82 bits per heavy atom. The fraction of sp³-hybridized carbons (Fsp3) is 0.812. The quantitative estimate of drug-likeness (QED) is 0.865. The Morgan fingerprint density at radius 1 is 1.23 bits per heavy atom. The molecule has 0 saturated heterocycles. The number of thioether (sulfide) groups is 1. The highest BCUT2D eigenvalue weighted by atomic mass is 32.2. The van der Waals surface area contributed by atoms with Gasteiger partial charge in [-0.1, -0.05) is 11.8 Å². The molecule has 6 heteroatoms. The third-order valence-corrected chi connectivity index (χ3v) is 6.85. The predicted molar refractivity (Wildman–Crippen MR) is 85.5 cm³/mol. The Balaban J connectivity index is 1.37. The second-order valence-corrected chi connectivity index (χ2v) is 8.57. The van der Waals surface area contributed by atoms with Crippen LogP contribution >= 0.6 is 11.8 Å². The second kappa shape index (κ2) is 5.25. The maximum atomic E-state index is 12.4. The lowest BCUT2D eigenvalue weighted by atomic mass is 9.53. The number of aryl methyl sites for hydroxylation is 1. The van der Waals surface area contributed by atoms with E-state index in [4.69, 9.17) is 0 Å². The molecule has 5 rings (SSSR count). The molecule has 5 nitrogen and oxygen atoms in total. The lowest BCUT2D eigenvalue weighted by Crippen LogP contribution is -2.60. The minimum absolute atomic E-state index is 0.113. The number of rotatable bonds is 4. The van der Waals surface area contributed by atoms with Crippen molar-refractivity contribution in [2.45, 2.75) is 56.1 Å². The van der Waals surface area contributed by atoms with Gasteiger partial charge in [0, 0.05) is 12.6 Å². The van der Waals surface area contributed by atoms with Gasteiger partial charge in [-0.15, -0.1) is 10.2 Å². The van der Waals surface area contributed by atoms with Gasteiger partial charge in [0.1, 0.15) is 5.82 Å². The Labute approximate surface area is 135 Å². The van der Waals surface area contributed by atoms with Crippen LogP contribution in [0.4, 0.5) is 0 Å². The van der Waals surface area contributed by atoms with Gasteiger partial charge in [0.2, 0.25) is 5.91 Å². The standard InChI is InChI=1S/C16H24N4OS/c1-10-18-19-15(20(10)2)22-9-14(21)17-16-6-11-3-12(7-16)5-13(4-11)8-16/h11-13H,3-9H2,1-2H3,(H,17,21). The van der Waals surface area contributed by atoms with Crippen molar-refractivity contribution in [3.8, 4) is 0 Å². The summed E-state index contributed by atoms with van der Waals surface area (Å²) in [5.41, 5.74) is 0.113. The van der Waals surface area contributed by atoms with Crippen molar-refractivity contribution in [3.63, 3.8) is 0 Å². The summed E-state index contributed by atoms with van der Waals surface area (Å²) in [6.45, 7) is 1.92. The summed E-state index contributed by atoms with van der Waals surface area (Å²) < 4.78 is 1.93. The molecule has 0 unspecified atom stereocenters. The molecule has 1 amide bonds. The first-order valence-corrected chi connectivity index (χ1v) is 9.31. The fourth-order valence-corrected chi connectivity index (χ4v) is 6.00. The van der Waals surface area contributed by atoms with Crippen LogP contribution in [-0.2, 0) is 11.8 Å². The average Bonchev–Trinajstić information content (AvgIpc) is 2.74. The number of carbonyl (C=O) groups is 1. The van der Waals surface area contributed by atoms with E-state index in [1.807, 2.05) is 18.5 Å². The van der Waals surface area contributed by atoms with Gasteiger partial charge in [0.05, 0.1) is 5.75 Å². The normalized spacial score (nSPS) is 35.8. The lowest BCUT2D eigenvalue weighted by Gasteiger charge is -2.56. The molecular formula is C16H24N4OS. The molecule has 0 aliphatic heterocycles. The van der Waals surface area contributed by atoms with Gasteiger partial charge in [0.25, 0.3) is 0 Å². The van der Waals surface area contributed by atoms with Crippen LogP contribution in [0.3, 0.4) is 0 Å². The van der Waals surface area contributed by atoms with E-state index >= 15 is 0 Å². The van der Waals surface area contributed by atoms with E-state index in [-0.39, 0.29) is 11.4 Å². The van der Waals surface area contributed by atoms with Crippen molar-refractivity contribution in [2.75, 3.05) is 5.75 Å². The zero-order chi connectivity index (χ0) is 15.3. The Morgan fingerprint density at radius 3 is 2.32 bits per heavy atom. The number of amides is 1. The van der Waals surface area contributed by atoms with Crippen molar-refractivity contribution >= 4 is 17.7 Å². The molecule has 1 aromatic heterocycles. The number of nitrogens with one attached hydrogen (secondary N) is 1. The van der Waals surface area contributed by atoms with Crippen LogP contribution in [-0.4, -0.2) is 32.0 Å². The van der Waals surface area contributed by atoms with Crippen molar-refractivity contribution in [3.05, 3.63) is 5.82 Å². The minimum Gasteiger partial charge on any atom is -0.350 e. The molecule has 4 fully saturated rings. The highest BCUT2D eigenvalue weighted by Gasteiger charge is 2.51. The molecule has 4 aliphatic rings. The van der Waals surface area contributed by atoms with Gasteiger partial charge in [-0.05, 0) is 63.2 Å². The van der Waals surface area contributed by atoms with Crippen LogP contribution in [0.2, 0.25) is 0 Å². The summed E-state index contributed by atoms with van der Waals surface area (Å²) in [4.78, 5) is 12.4. The van der Waals surface area contributed by atoms with Gasteiger partial charge in [-0.3, -0.25) is 4.79 Å². The van der Waals surface area contributed by atoms with E-state index < -0.39 is 0 Å². The number of hydrogen-bond donors (Lipinski definition) is 1. The third kappa shape index (κ3) is 2.55. The van der Waals surface area contributed by atoms with Gasteiger partial charge in [-0.2, -0.15) is 0 Å². The number of aromatic nitrogens is 3. The van der Waals surface area contributed by atoms with Crippen molar-refractivity contribution in [2.24, 2.45) is 24.8 Å². The summed E-state index contributed by atoms with van der Waals surface area (Å²) in [6, 6.07) is 0. The molecule has 4 bridgehead atoms. The van der Waals surface area contributed by atoms with Crippen LogP contribution in [0.5, 0.6) is 0 Å². The van der Waals surface area contributed by atoms with Crippen LogP contribution < -0.4 is 5.32 Å². The summed E-state index contributed by atoms with van der Waals surface area (Å²) >= 11 is 1.48. The molecule has 0 spiro atoms. The van der Waals surface area contributed by atoms with E-state index in [2.05, 4.69) is 15.5 Å². The molecule has 22 heavy (non-hydrogen) atoms. The molecule has 1 aromatic rings. The van der Waals surface area contributed by atoms with Crippen molar-refractivity contribution in [1.29, 1.82) is 0 Å². The van der Waals surface area contributed by atoms with Gasteiger partial charge >= 0.3 is 0 Å². The Hall–Kier alpha value is -1.04. The molecule has 0 radical (unpaired) electrons. The van der Waals surface area contributed by atoms with Crippen LogP contribution in [0.15, 0.2) is 5.16 Å². The molecule has 0 aromatic carbocycles. The molecule has 1 N–H and O–H groups in total. The average molecular weight is 320 g/mol. The maximum Gasteiger partial charge on any atom is 0.230 e. The first-order chi connectivity index (χ1) is 10.5. The number of nitrogens with zero attached hydrogens (tertiary/aromatic N) is 3.